The van der Waals surface area contributed by atoms with Crippen LogP contribution in [0.25, 0.3) is 0 Å². The number of benzene rings is 2. The smallest absolute Gasteiger partial charge is 0.136 e. The van der Waals surface area contributed by atoms with Gasteiger partial charge in [0, 0.05) is 12.6 Å². The van der Waals surface area contributed by atoms with Crippen molar-refractivity contribution in [3.05, 3.63) is 65.5 Å². The standard InChI is InChI=1S/C17H20FNO/c1-12(2)13-6-8-14(9-7-13)17(11-19)20-16-5-3-4-15(18)10-16/h3-10,12,17H,11,19H2,1-2H3. The van der Waals surface area contributed by atoms with E-state index in [2.05, 4.69) is 26.0 Å². The molecule has 2 nitrogen and oxygen atoms in total. The van der Waals surface area contributed by atoms with Gasteiger partial charge in [-0.2, -0.15) is 0 Å². The highest BCUT2D eigenvalue weighted by Gasteiger charge is 2.12. The second-order valence-corrected chi connectivity index (χ2v) is 5.12. The predicted molar refractivity (Wildman–Crippen MR) is 79.4 cm³/mol. The molecule has 0 saturated carbocycles. The van der Waals surface area contributed by atoms with Crippen molar-refractivity contribution in [2.75, 3.05) is 6.54 Å². The van der Waals surface area contributed by atoms with Crippen molar-refractivity contribution in [1.82, 2.24) is 0 Å². The first-order chi connectivity index (χ1) is 9.60. The van der Waals surface area contributed by atoms with Gasteiger partial charge in [0.1, 0.15) is 17.7 Å². The molecular formula is C17H20FNO. The number of hydrogen-bond acceptors (Lipinski definition) is 2. The van der Waals surface area contributed by atoms with Crippen LogP contribution < -0.4 is 10.5 Å². The number of hydrogen-bond donors (Lipinski definition) is 1. The minimum atomic E-state index is -0.312. The molecule has 0 fully saturated rings. The highest BCUT2D eigenvalue weighted by molar-refractivity contribution is 5.28. The van der Waals surface area contributed by atoms with Gasteiger partial charge in [-0.25, -0.2) is 4.39 Å². The summed E-state index contributed by atoms with van der Waals surface area (Å²) in [4.78, 5) is 0. The van der Waals surface area contributed by atoms with Crippen LogP contribution in [0, 0.1) is 5.82 Å². The Morgan fingerprint density at radius 2 is 1.70 bits per heavy atom. The zero-order chi connectivity index (χ0) is 14.5. The molecule has 0 bridgehead atoms. The van der Waals surface area contributed by atoms with Gasteiger partial charge in [-0.3, -0.25) is 0 Å². The summed E-state index contributed by atoms with van der Waals surface area (Å²) in [5.41, 5.74) is 8.04. The summed E-state index contributed by atoms with van der Waals surface area (Å²) < 4.78 is 18.9. The summed E-state index contributed by atoms with van der Waals surface area (Å²) in [5, 5.41) is 0. The third-order valence-corrected chi connectivity index (χ3v) is 3.26. The van der Waals surface area contributed by atoms with Crippen LogP contribution in [0.15, 0.2) is 48.5 Å². The minimum Gasteiger partial charge on any atom is -0.484 e. The van der Waals surface area contributed by atoms with Crippen LogP contribution >= 0.6 is 0 Å². The molecule has 2 N–H and O–H groups in total. The van der Waals surface area contributed by atoms with E-state index in [0.29, 0.717) is 18.2 Å². The van der Waals surface area contributed by atoms with E-state index in [0.717, 1.165) is 5.56 Å². The zero-order valence-corrected chi connectivity index (χ0v) is 11.8. The Kier molecular flexibility index (Phi) is 4.74. The normalized spacial score (nSPS) is 12.4. The molecule has 0 aliphatic heterocycles. The van der Waals surface area contributed by atoms with Gasteiger partial charge in [-0.1, -0.05) is 44.2 Å². The van der Waals surface area contributed by atoms with Crippen molar-refractivity contribution in [3.63, 3.8) is 0 Å². The van der Waals surface area contributed by atoms with E-state index in [4.69, 9.17) is 10.5 Å². The molecule has 0 radical (unpaired) electrons. The highest BCUT2D eigenvalue weighted by Crippen LogP contribution is 2.23. The maximum atomic E-state index is 13.2. The van der Waals surface area contributed by atoms with E-state index < -0.39 is 0 Å². The lowest BCUT2D eigenvalue weighted by molar-refractivity contribution is 0.213. The third-order valence-electron chi connectivity index (χ3n) is 3.26. The molecule has 20 heavy (non-hydrogen) atoms. The molecule has 3 heteroatoms. The molecule has 0 aliphatic carbocycles. The van der Waals surface area contributed by atoms with Crippen molar-refractivity contribution >= 4 is 0 Å². The molecule has 0 heterocycles. The summed E-state index contributed by atoms with van der Waals surface area (Å²) in [6, 6.07) is 14.3. The van der Waals surface area contributed by atoms with Gasteiger partial charge in [0.25, 0.3) is 0 Å². The second kappa shape index (κ2) is 6.53. The van der Waals surface area contributed by atoms with E-state index in [9.17, 15) is 4.39 Å². The average molecular weight is 273 g/mol. The van der Waals surface area contributed by atoms with E-state index in [1.54, 1.807) is 12.1 Å². The SMILES string of the molecule is CC(C)c1ccc(C(CN)Oc2cccc(F)c2)cc1. The molecule has 1 atom stereocenters. The Bertz CT molecular complexity index is 551. The molecule has 0 spiro atoms. The van der Waals surface area contributed by atoms with Crippen molar-refractivity contribution in [2.24, 2.45) is 5.73 Å². The largest absolute Gasteiger partial charge is 0.484 e. The summed E-state index contributed by atoms with van der Waals surface area (Å²) in [5.74, 6) is 0.673. The Morgan fingerprint density at radius 1 is 1.05 bits per heavy atom. The average Bonchev–Trinajstić information content (AvgIpc) is 2.45. The van der Waals surface area contributed by atoms with Gasteiger partial charge in [-0.05, 0) is 29.2 Å². The molecule has 2 rings (SSSR count). The second-order valence-electron chi connectivity index (χ2n) is 5.12. The lowest BCUT2D eigenvalue weighted by Crippen LogP contribution is -2.18. The van der Waals surface area contributed by atoms with E-state index in [1.807, 2.05) is 12.1 Å². The first-order valence-electron chi connectivity index (χ1n) is 6.82. The van der Waals surface area contributed by atoms with E-state index >= 15 is 0 Å². The van der Waals surface area contributed by atoms with Crippen molar-refractivity contribution < 1.29 is 9.13 Å². The lowest BCUT2D eigenvalue weighted by atomic mass is 10.00. The molecule has 0 saturated heterocycles. The maximum Gasteiger partial charge on any atom is 0.136 e. The van der Waals surface area contributed by atoms with Crippen LogP contribution in [0.1, 0.15) is 37.0 Å². The van der Waals surface area contributed by atoms with Crippen LogP contribution in [0.4, 0.5) is 4.39 Å². The minimum absolute atomic E-state index is 0.266. The first kappa shape index (κ1) is 14.5. The number of ether oxygens (including phenoxy) is 1. The highest BCUT2D eigenvalue weighted by atomic mass is 19.1. The van der Waals surface area contributed by atoms with Crippen LogP contribution in [0.5, 0.6) is 5.75 Å². The van der Waals surface area contributed by atoms with Gasteiger partial charge in [0.05, 0.1) is 0 Å². The Labute approximate surface area is 119 Å². The summed E-state index contributed by atoms with van der Waals surface area (Å²) in [6.45, 7) is 4.65. The Balaban J connectivity index is 2.15. The molecule has 0 aliphatic rings. The van der Waals surface area contributed by atoms with Gasteiger partial charge in [-0.15, -0.1) is 0 Å². The monoisotopic (exact) mass is 273 g/mol. The van der Waals surface area contributed by atoms with Crippen LogP contribution in [0.2, 0.25) is 0 Å². The fourth-order valence-corrected chi connectivity index (χ4v) is 2.05. The van der Waals surface area contributed by atoms with Crippen molar-refractivity contribution in [1.29, 1.82) is 0 Å². The number of nitrogens with two attached hydrogens (primary N) is 1. The van der Waals surface area contributed by atoms with Crippen molar-refractivity contribution in [2.45, 2.75) is 25.9 Å². The van der Waals surface area contributed by atoms with Gasteiger partial charge in [0.2, 0.25) is 0 Å². The molecular weight excluding hydrogens is 253 g/mol. The van der Waals surface area contributed by atoms with Crippen molar-refractivity contribution in [3.8, 4) is 5.75 Å². The van der Waals surface area contributed by atoms with Gasteiger partial charge in [0.15, 0.2) is 0 Å². The molecule has 2 aromatic carbocycles. The molecule has 2 aromatic rings. The number of rotatable bonds is 5. The summed E-state index contributed by atoms with van der Waals surface area (Å²) in [7, 11) is 0. The third kappa shape index (κ3) is 3.58. The molecule has 0 aromatic heterocycles. The molecule has 1 unspecified atom stereocenters. The Morgan fingerprint density at radius 3 is 2.25 bits per heavy atom. The lowest BCUT2D eigenvalue weighted by Gasteiger charge is -2.18. The zero-order valence-electron chi connectivity index (χ0n) is 11.8. The fourth-order valence-electron chi connectivity index (χ4n) is 2.05. The van der Waals surface area contributed by atoms with Gasteiger partial charge >= 0.3 is 0 Å². The first-order valence-corrected chi connectivity index (χ1v) is 6.82. The molecule has 0 amide bonds. The fraction of sp³-hybridized carbons (Fsp3) is 0.294. The maximum absolute atomic E-state index is 13.2. The predicted octanol–water partition coefficient (Wildman–Crippen LogP) is 4.03. The summed E-state index contributed by atoms with van der Waals surface area (Å²) in [6.07, 6.45) is -0.266. The van der Waals surface area contributed by atoms with Crippen LogP contribution in [0.3, 0.4) is 0 Å². The van der Waals surface area contributed by atoms with E-state index in [1.165, 1.54) is 17.7 Å². The van der Waals surface area contributed by atoms with Crippen LogP contribution in [-0.4, -0.2) is 6.54 Å². The van der Waals surface area contributed by atoms with Gasteiger partial charge < -0.3 is 10.5 Å². The summed E-state index contributed by atoms with van der Waals surface area (Å²) >= 11 is 0. The quantitative estimate of drug-likeness (QED) is 0.892. The Hall–Kier alpha value is -1.87. The van der Waals surface area contributed by atoms with E-state index in [-0.39, 0.29) is 11.9 Å². The topological polar surface area (TPSA) is 35.2 Å². The number of halogens is 1. The van der Waals surface area contributed by atoms with Crippen LogP contribution in [-0.2, 0) is 0 Å². The molecule has 106 valence electrons.